The van der Waals surface area contributed by atoms with E-state index < -0.39 is 0 Å². The van der Waals surface area contributed by atoms with Gasteiger partial charge in [0.2, 0.25) is 0 Å². The summed E-state index contributed by atoms with van der Waals surface area (Å²) < 4.78 is 0. The van der Waals surface area contributed by atoms with Crippen molar-refractivity contribution in [3.63, 3.8) is 0 Å². The summed E-state index contributed by atoms with van der Waals surface area (Å²) in [5, 5.41) is 0. The number of nitrogens with zero attached hydrogens (tertiary/aromatic N) is 2. The molecule has 0 aliphatic carbocycles. The molecule has 0 N–H and O–H groups in total. The molecular weight excluding hydrogens is 184 g/mol. The van der Waals surface area contributed by atoms with Crippen molar-refractivity contribution < 1.29 is 0 Å². The molecule has 0 saturated heterocycles. The van der Waals surface area contributed by atoms with Gasteiger partial charge in [-0.3, -0.25) is 9.98 Å². The lowest BCUT2D eigenvalue weighted by Gasteiger charge is -1.99. The lowest BCUT2D eigenvalue weighted by molar-refractivity contribution is 1.24. The van der Waals surface area contributed by atoms with E-state index in [0.717, 1.165) is 11.4 Å². The Balaban J connectivity index is 5.04. The Morgan fingerprint density at radius 2 is 1.40 bits per heavy atom. The maximum absolute atomic E-state index is 4.19. The average molecular weight is 200 g/mol. The molecular formula is C13H16N2. The highest BCUT2D eigenvalue weighted by Crippen LogP contribution is 2.12. The van der Waals surface area contributed by atoms with E-state index in [1.807, 2.05) is 13.0 Å². The molecule has 0 aromatic rings. The third-order valence-corrected chi connectivity index (χ3v) is 1.45. The average Bonchev–Trinajstić information content (AvgIpc) is 2.26. The van der Waals surface area contributed by atoms with E-state index in [1.165, 1.54) is 0 Å². The summed E-state index contributed by atoms with van der Waals surface area (Å²) in [5.41, 5.74) is 1.51. The zero-order chi connectivity index (χ0) is 11.5. The first-order valence-corrected chi connectivity index (χ1v) is 4.59. The highest BCUT2D eigenvalue weighted by Gasteiger charge is 1.97. The Bertz CT molecular complexity index is 342. The topological polar surface area (TPSA) is 24.7 Å². The Morgan fingerprint density at radius 3 is 1.80 bits per heavy atom. The molecule has 0 unspecified atom stereocenters. The van der Waals surface area contributed by atoms with Crippen LogP contribution in [-0.4, -0.2) is 12.4 Å². The summed E-state index contributed by atoms with van der Waals surface area (Å²) in [7, 11) is 0. The second-order valence-corrected chi connectivity index (χ2v) is 2.49. The minimum absolute atomic E-state index is 0.741. The van der Waals surface area contributed by atoms with Crippen LogP contribution in [0.4, 0.5) is 0 Å². The molecule has 0 spiro atoms. The second kappa shape index (κ2) is 8.63. The molecule has 0 aromatic carbocycles. The zero-order valence-electron chi connectivity index (χ0n) is 9.06. The Kier molecular flexibility index (Phi) is 7.50. The van der Waals surface area contributed by atoms with Crippen molar-refractivity contribution >= 4 is 12.4 Å². The Hall–Kier alpha value is -1.96. The predicted octanol–water partition coefficient (Wildman–Crippen LogP) is 3.47. The molecule has 0 amide bonds. The van der Waals surface area contributed by atoms with Crippen molar-refractivity contribution in [1.29, 1.82) is 0 Å². The van der Waals surface area contributed by atoms with Crippen LogP contribution < -0.4 is 0 Å². The molecule has 15 heavy (non-hydrogen) atoms. The predicted molar refractivity (Wildman–Crippen MR) is 69.4 cm³/mol. The van der Waals surface area contributed by atoms with Crippen LogP contribution in [-0.2, 0) is 0 Å². The van der Waals surface area contributed by atoms with Gasteiger partial charge < -0.3 is 0 Å². The molecule has 0 rings (SSSR count). The van der Waals surface area contributed by atoms with Crippen LogP contribution in [0.2, 0.25) is 0 Å². The molecule has 0 atom stereocenters. The van der Waals surface area contributed by atoms with Gasteiger partial charge in [0.15, 0.2) is 0 Å². The van der Waals surface area contributed by atoms with Crippen LogP contribution in [0.3, 0.4) is 0 Å². The molecule has 2 nitrogen and oxygen atoms in total. The van der Waals surface area contributed by atoms with Crippen molar-refractivity contribution in [3.8, 4) is 0 Å². The van der Waals surface area contributed by atoms with Crippen molar-refractivity contribution in [2.45, 2.75) is 6.92 Å². The molecule has 78 valence electrons. The fourth-order valence-electron chi connectivity index (χ4n) is 0.861. The first-order valence-electron chi connectivity index (χ1n) is 4.59. The van der Waals surface area contributed by atoms with Gasteiger partial charge in [-0.25, -0.2) is 0 Å². The minimum atomic E-state index is 0.741. The van der Waals surface area contributed by atoms with Gasteiger partial charge in [0.05, 0.1) is 11.4 Å². The maximum Gasteiger partial charge on any atom is 0.0882 e. The fourth-order valence-corrected chi connectivity index (χ4v) is 0.861. The van der Waals surface area contributed by atoms with E-state index in [2.05, 4.69) is 29.7 Å². The second-order valence-electron chi connectivity index (χ2n) is 2.49. The van der Waals surface area contributed by atoms with Gasteiger partial charge in [0.1, 0.15) is 0 Å². The lowest BCUT2D eigenvalue weighted by Crippen LogP contribution is -1.84. The van der Waals surface area contributed by atoms with Crippen molar-refractivity contribution in [1.82, 2.24) is 0 Å². The quantitative estimate of drug-likeness (QED) is 0.463. The number of aliphatic imine (C=N–C) groups is 2. The largest absolute Gasteiger partial charge is 0.255 e. The van der Waals surface area contributed by atoms with Crippen LogP contribution >= 0.6 is 0 Å². The lowest BCUT2D eigenvalue weighted by atomic mass is 10.3. The number of hydrogen-bond donors (Lipinski definition) is 0. The summed E-state index contributed by atoms with van der Waals surface area (Å²) in [4.78, 5) is 8.37. The molecule has 2 heteroatoms. The first-order chi connectivity index (χ1) is 7.29. The van der Waals surface area contributed by atoms with E-state index in [1.54, 1.807) is 36.7 Å². The molecule has 0 aromatic heterocycles. The summed E-state index contributed by atoms with van der Waals surface area (Å²) in [5.74, 6) is 0. The molecule has 0 bridgehead atoms. The molecule has 0 aliphatic rings. The van der Waals surface area contributed by atoms with Gasteiger partial charge in [-0.1, -0.05) is 44.0 Å². The van der Waals surface area contributed by atoms with Gasteiger partial charge in [0.25, 0.3) is 0 Å². The summed E-state index contributed by atoms with van der Waals surface area (Å²) in [6, 6.07) is 0. The van der Waals surface area contributed by atoms with Gasteiger partial charge in [-0.15, -0.1) is 0 Å². The Morgan fingerprint density at radius 1 is 0.867 bits per heavy atom. The van der Waals surface area contributed by atoms with Crippen molar-refractivity contribution in [3.05, 3.63) is 61.5 Å². The standard InChI is InChI=1S/C13H16N2/c1-5-9-13(15-11-7-3)12(8-4)14-10-6-2/h5-11H,1-3H2,4H3/b12-8-,13-9-,14-10?,15-11?. The maximum atomic E-state index is 4.19. The van der Waals surface area contributed by atoms with E-state index >= 15 is 0 Å². The van der Waals surface area contributed by atoms with E-state index in [4.69, 9.17) is 0 Å². The summed E-state index contributed by atoms with van der Waals surface area (Å²) in [6.07, 6.45) is 11.8. The Labute approximate surface area is 91.5 Å². The van der Waals surface area contributed by atoms with Gasteiger partial charge in [-0.05, 0) is 13.0 Å². The molecule has 0 aliphatic heterocycles. The molecule has 0 fully saturated rings. The van der Waals surface area contributed by atoms with E-state index in [-0.39, 0.29) is 0 Å². The number of rotatable bonds is 6. The fraction of sp³-hybridized carbons (Fsp3) is 0.0769. The van der Waals surface area contributed by atoms with E-state index in [9.17, 15) is 0 Å². The minimum Gasteiger partial charge on any atom is -0.255 e. The molecule has 0 saturated carbocycles. The van der Waals surface area contributed by atoms with Gasteiger partial charge in [-0.2, -0.15) is 0 Å². The van der Waals surface area contributed by atoms with Gasteiger partial charge >= 0.3 is 0 Å². The summed E-state index contributed by atoms with van der Waals surface area (Å²) in [6.45, 7) is 12.7. The van der Waals surface area contributed by atoms with Crippen LogP contribution in [0.15, 0.2) is 71.5 Å². The SMILES string of the molecule is C=CC=NC(=C\C)/C(=C/C=C)N=CC=C. The van der Waals surface area contributed by atoms with E-state index in [0.29, 0.717) is 0 Å². The van der Waals surface area contributed by atoms with Crippen molar-refractivity contribution in [2.75, 3.05) is 0 Å². The van der Waals surface area contributed by atoms with Gasteiger partial charge in [0, 0.05) is 12.4 Å². The van der Waals surface area contributed by atoms with Crippen LogP contribution in [0.5, 0.6) is 0 Å². The smallest absolute Gasteiger partial charge is 0.0882 e. The first kappa shape index (κ1) is 13.0. The third-order valence-electron chi connectivity index (χ3n) is 1.45. The third kappa shape index (κ3) is 5.37. The zero-order valence-corrected chi connectivity index (χ0v) is 9.06. The number of allylic oxidation sites excluding steroid dienone is 5. The normalized spacial score (nSPS) is 13.4. The van der Waals surface area contributed by atoms with Crippen LogP contribution in [0.25, 0.3) is 0 Å². The highest BCUT2D eigenvalue weighted by atomic mass is 14.8. The number of hydrogen-bond acceptors (Lipinski definition) is 2. The molecule has 0 radical (unpaired) electrons. The van der Waals surface area contributed by atoms with Crippen molar-refractivity contribution in [2.24, 2.45) is 9.98 Å². The summed E-state index contributed by atoms with van der Waals surface area (Å²) >= 11 is 0. The van der Waals surface area contributed by atoms with Crippen LogP contribution in [0, 0.1) is 0 Å². The monoisotopic (exact) mass is 200 g/mol. The van der Waals surface area contributed by atoms with Crippen LogP contribution in [0.1, 0.15) is 6.92 Å². The molecule has 0 heterocycles. The highest BCUT2D eigenvalue weighted by molar-refractivity contribution is 5.74.